The Morgan fingerprint density at radius 1 is 0.861 bits per heavy atom. The third kappa shape index (κ3) is 4.20. The average Bonchev–Trinajstić information content (AvgIpc) is 3.06. The zero-order chi connectivity index (χ0) is 25.4. The van der Waals surface area contributed by atoms with E-state index in [4.69, 9.17) is 25.8 Å². The van der Waals surface area contributed by atoms with Crippen LogP contribution in [-0.2, 0) is 4.79 Å². The molecule has 186 valence electrons. The first-order valence-corrected chi connectivity index (χ1v) is 12.0. The van der Waals surface area contributed by atoms with E-state index in [0.717, 1.165) is 28.2 Å². The van der Waals surface area contributed by atoms with Crippen molar-refractivity contribution in [2.24, 2.45) is 0 Å². The maximum Gasteiger partial charge on any atom is 0.176 e. The number of anilines is 2. The summed E-state index contributed by atoms with van der Waals surface area (Å²) in [4.78, 5) is 13.8. The van der Waals surface area contributed by atoms with Crippen LogP contribution in [0.3, 0.4) is 0 Å². The van der Waals surface area contributed by atoms with Crippen LogP contribution in [0.5, 0.6) is 23.0 Å². The van der Waals surface area contributed by atoms with Gasteiger partial charge in [0.1, 0.15) is 0 Å². The number of phenols is 1. The van der Waals surface area contributed by atoms with Gasteiger partial charge in [0, 0.05) is 17.7 Å². The van der Waals surface area contributed by atoms with E-state index in [1.807, 2.05) is 42.5 Å². The lowest BCUT2D eigenvalue weighted by atomic mass is 9.78. The van der Waals surface area contributed by atoms with Crippen molar-refractivity contribution in [3.63, 3.8) is 0 Å². The number of aromatic hydroxyl groups is 1. The SMILES string of the molecule is COc1ccc([C@@H]2CC(=O)C3=C(C2)Nc2ccccc2N[C@H]3c2cc(Cl)c(O)c(OC)c2)cc1OC. The number of fused-ring (bicyclic) bond motifs is 1. The number of allylic oxidation sites excluding steroid dienone is 1. The lowest BCUT2D eigenvalue weighted by Crippen LogP contribution is -2.27. The highest BCUT2D eigenvalue weighted by Gasteiger charge is 2.36. The van der Waals surface area contributed by atoms with Gasteiger partial charge in [-0.2, -0.15) is 0 Å². The third-order valence-corrected chi connectivity index (χ3v) is 7.08. The summed E-state index contributed by atoms with van der Waals surface area (Å²) in [5.74, 6) is 1.38. The number of ether oxygens (including phenoxy) is 3. The molecule has 0 amide bonds. The lowest BCUT2D eigenvalue weighted by molar-refractivity contribution is -0.116. The number of methoxy groups -OCH3 is 3. The molecular weight excluding hydrogens is 480 g/mol. The van der Waals surface area contributed by atoms with Crippen molar-refractivity contribution in [2.45, 2.75) is 24.8 Å². The van der Waals surface area contributed by atoms with Crippen LogP contribution in [-0.4, -0.2) is 32.2 Å². The number of carbonyl (C=O) groups is 1. The molecule has 0 aromatic heterocycles. The number of benzene rings is 3. The van der Waals surface area contributed by atoms with Crippen molar-refractivity contribution in [1.29, 1.82) is 0 Å². The Kier molecular flexibility index (Phi) is 6.41. The van der Waals surface area contributed by atoms with Crippen LogP contribution in [0.1, 0.15) is 35.9 Å². The second-order valence-electron chi connectivity index (χ2n) is 8.84. The van der Waals surface area contributed by atoms with Gasteiger partial charge in [0.15, 0.2) is 28.8 Å². The number of para-hydroxylation sites is 2. The molecule has 2 aliphatic rings. The Bertz CT molecular complexity index is 1370. The maximum absolute atomic E-state index is 13.8. The minimum absolute atomic E-state index is 0.0250. The van der Waals surface area contributed by atoms with Crippen molar-refractivity contribution in [2.75, 3.05) is 32.0 Å². The van der Waals surface area contributed by atoms with Crippen LogP contribution in [0.2, 0.25) is 5.02 Å². The highest BCUT2D eigenvalue weighted by Crippen LogP contribution is 2.47. The van der Waals surface area contributed by atoms with Gasteiger partial charge in [0.2, 0.25) is 0 Å². The molecule has 1 aliphatic heterocycles. The molecule has 7 nitrogen and oxygen atoms in total. The topological polar surface area (TPSA) is 89.1 Å². The molecule has 0 unspecified atom stereocenters. The minimum Gasteiger partial charge on any atom is -0.503 e. The summed E-state index contributed by atoms with van der Waals surface area (Å²) in [6.07, 6.45) is 0.972. The Morgan fingerprint density at radius 3 is 2.28 bits per heavy atom. The van der Waals surface area contributed by atoms with Gasteiger partial charge in [0.25, 0.3) is 0 Å². The van der Waals surface area contributed by atoms with E-state index in [2.05, 4.69) is 10.6 Å². The number of hydrogen-bond donors (Lipinski definition) is 3. The standard InChI is InChI=1S/C28H27ClN2O5/c1-34-23-9-8-15(13-24(23)35-2)16-11-21-26(22(32)12-16)27(31-20-7-5-4-6-19(20)30-21)17-10-18(29)28(33)25(14-17)36-3/h4-10,13-14,16,27,30-31,33H,11-12H2,1-3H3/t16-,27-/m0/s1. The molecule has 0 saturated carbocycles. The van der Waals surface area contributed by atoms with Gasteiger partial charge in [-0.05, 0) is 59.9 Å². The molecule has 1 heterocycles. The number of Topliss-reactive ketones (excluding diaryl/α,β-unsaturated/α-hetero) is 1. The summed E-state index contributed by atoms with van der Waals surface area (Å²) < 4.78 is 16.2. The molecule has 3 aromatic carbocycles. The van der Waals surface area contributed by atoms with Crippen molar-refractivity contribution in [3.05, 3.63) is 82.0 Å². The predicted octanol–water partition coefficient (Wildman–Crippen LogP) is 6.05. The quantitative estimate of drug-likeness (QED) is 0.388. The molecule has 3 aromatic rings. The molecule has 1 aliphatic carbocycles. The summed E-state index contributed by atoms with van der Waals surface area (Å²) in [7, 11) is 4.67. The van der Waals surface area contributed by atoms with Crippen molar-refractivity contribution < 1.29 is 24.1 Å². The fourth-order valence-corrected chi connectivity index (χ4v) is 5.22. The first-order chi connectivity index (χ1) is 17.4. The summed E-state index contributed by atoms with van der Waals surface area (Å²) in [5.41, 5.74) is 4.95. The zero-order valence-corrected chi connectivity index (χ0v) is 21.0. The zero-order valence-electron chi connectivity index (χ0n) is 20.2. The largest absolute Gasteiger partial charge is 0.503 e. The molecule has 0 bridgehead atoms. The fraction of sp³-hybridized carbons (Fsp3) is 0.250. The molecule has 5 rings (SSSR count). The molecular formula is C28H27ClN2O5. The Hall–Kier alpha value is -3.84. The predicted molar refractivity (Wildman–Crippen MR) is 140 cm³/mol. The van der Waals surface area contributed by atoms with Gasteiger partial charge in [-0.15, -0.1) is 0 Å². The second-order valence-corrected chi connectivity index (χ2v) is 9.24. The van der Waals surface area contributed by atoms with E-state index >= 15 is 0 Å². The summed E-state index contributed by atoms with van der Waals surface area (Å²) >= 11 is 6.33. The Labute approximate surface area is 214 Å². The first-order valence-electron chi connectivity index (χ1n) is 11.6. The third-order valence-electron chi connectivity index (χ3n) is 6.79. The number of ketones is 1. The number of rotatable bonds is 5. The van der Waals surface area contributed by atoms with Gasteiger partial charge in [0.05, 0.1) is 43.8 Å². The van der Waals surface area contributed by atoms with Crippen LogP contribution in [0.4, 0.5) is 11.4 Å². The smallest absolute Gasteiger partial charge is 0.176 e. The second kappa shape index (κ2) is 9.66. The van der Waals surface area contributed by atoms with Crippen molar-refractivity contribution >= 4 is 28.8 Å². The number of nitrogens with one attached hydrogen (secondary N) is 2. The summed E-state index contributed by atoms with van der Waals surface area (Å²) in [6, 6.07) is 16.5. The molecule has 2 atom stereocenters. The van der Waals surface area contributed by atoms with E-state index in [9.17, 15) is 9.90 Å². The lowest BCUT2D eigenvalue weighted by Gasteiger charge is -2.30. The number of halogens is 1. The van der Waals surface area contributed by atoms with Gasteiger partial charge < -0.3 is 30.0 Å². The molecule has 8 heteroatoms. The van der Waals surface area contributed by atoms with Gasteiger partial charge in [-0.3, -0.25) is 4.79 Å². The maximum atomic E-state index is 13.8. The highest BCUT2D eigenvalue weighted by molar-refractivity contribution is 6.32. The molecule has 0 radical (unpaired) electrons. The van der Waals surface area contributed by atoms with E-state index in [-0.39, 0.29) is 28.2 Å². The van der Waals surface area contributed by atoms with Gasteiger partial charge in [-0.25, -0.2) is 0 Å². The van der Waals surface area contributed by atoms with Crippen LogP contribution >= 0.6 is 11.6 Å². The average molecular weight is 507 g/mol. The van der Waals surface area contributed by atoms with E-state index in [1.54, 1.807) is 26.4 Å². The molecule has 0 fully saturated rings. The van der Waals surface area contributed by atoms with Crippen molar-refractivity contribution in [3.8, 4) is 23.0 Å². The fourth-order valence-electron chi connectivity index (χ4n) is 5.00. The van der Waals surface area contributed by atoms with Gasteiger partial charge >= 0.3 is 0 Å². The minimum atomic E-state index is -0.484. The number of phenolic OH excluding ortho intramolecular Hbond substituents is 1. The number of carbonyl (C=O) groups excluding carboxylic acids is 1. The normalized spacial score (nSPS) is 18.8. The summed E-state index contributed by atoms with van der Waals surface area (Å²) in [5, 5.41) is 17.5. The molecule has 36 heavy (non-hydrogen) atoms. The Balaban J connectivity index is 1.61. The number of hydrogen-bond acceptors (Lipinski definition) is 7. The van der Waals surface area contributed by atoms with E-state index in [1.165, 1.54) is 7.11 Å². The van der Waals surface area contributed by atoms with Gasteiger partial charge in [-0.1, -0.05) is 29.8 Å². The molecule has 3 N–H and O–H groups in total. The van der Waals surface area contributed by atoms with E-state index < -0.39 is 6.04 Å². The molecule has 0 saturated heterocycles. The van der Waals surface area contributed by atoms with Crippen molar-refractivity contribution in [1.82, 2.24) is 0 Å². The van der Waals surface area contributed by atoms with Crippen LogP contribution < -0.4 is 24.8 Å². The first kappa shape index (κ1) is 23.9. The van der Waals surface area contributed by atoms with Crippen LogP contribution in [0.15, 0.2) is 65.9 Å². The Morgan fingerprint density at radius 2 is 1.56 bits per heavy atom. The van der Waals surface area contributed by atoms with E-state index in [0.29, 0.717) is 29.9 Å². The highest BCUT2D eigenvalue weighted by atomic mass is 35.5. The van der Waals surface area contributed by atoms with Crippen LogP contribution in [0.25, 0.3) is 0 Å². The van der Waals surface area contributed by atoms with Crippen LogP contribution in [0, 0.1) is 0 Å². The summed E-state index contributed by atoms with van der Waals surface area (Å²) in [6.45, 7) is 0. The monoisotopic (exact) mass is 506 g/mol. The molecule has 0 spiro atoms.